The fraction of sp³-hybridized carbons (Fsp3) is 0.529. The van der Waals surface area contributed by atoms with Gasteiger partial charge in [0.25, 0.3) is 5.91 Å². The molecular weight excluding hydrogens is 278 g/mol. The molecule has 1 saturated heterocycles. The molecule has 0 bridgehead atoms. The molecule has 22 heavy (non-hydrogen) atoms. The third-order valence-electron chi connectivity index (χ3n) is 3.96. The number of benzene rings is 1. The average Bonchev–Trinajstić information content (AvgIpc) is 2.95. The second kappa shape index (κ2) is 7.29. The van der Waals surface area contributed by atoms with E-state index in [0.717, 1.165) is 25.9 Å². The maximum absolute atomic E-state index is 12.4. The van der Waals surface area contributed by atoms with Crippen LogP contribution < -0.4 is 10.6 Å². The summed E-state index contributed by atoms with van der Waals surface area (Å²) in [6.45, 7) is 7.67. The number of hydrogen-bond acceptors (Lipinski definition) is 2. The van der Waals surface area contributed by atoms with Gasteiger partial charge in [0.05, 0.1) is 0 Å². The highest BCUT2D eigenvalue weighted by molar-refractivity contribution is 5.95. The Labute approximate surface area is 132 Å². The van der Waals surface area contributed by atoms with E-state index in [1.54, 1.807) is 24.3 Å². The van der Waals surface area contributed by atoms with Crippen LogP contribution in [0.3, 0.4) is 0 Å². The Hall–Kier alpha value is -2.04. The number of nitrogens with zero attached hydrogens (tertiary/aromatic N) is 1. The quantitative estimate of drug-likeness (QED) is 0.898. The Bertz CT molecular complexity index is 525. The SMILES string of the molecule is CC[C@@H]1CCN(C(=O)c2ccc(NC(=O)NC(C)C)cc2)C1. The fourth-order valence-corrected chi connectivity index (χ4v) is 2.66. The minimum atomic E-state index is -0.237. The number of nitrogens with one attached hydrogen (secondary N) is 2. The summed E-state index contributed by atoms with van der Waals surface area (Å²) in [5.74, 6) is 0.707. The first-order chi connectivity index (χ1) is 10.5. The third-order valence-corrected chi connectivity index (χ3v) is 3.96. The van der Waals surface area contributed by atoms with Crippen LogP contribution in [0.1, 0.15) is 44.0 Å². The van der Waals surface area contributed by atoms with Gasteiger partial charge in [-0.3, -0.25) is 4.79 Å². The maximum atomic E-state index is 12.4. The number of urea groups is 1. The van der Waals surface area contributed by atoms with Crippen LogP contribution in [0.25, 0.3) is 0 Å². The molecule has 0 unspecified atom stereocenters. The zero-order valence-electron chi connectivity index (χ0n) is 13.6. The molecule has 0 radical (unpaired) electrons. The maximum Gasteiger partial charge on any atom is 0.319 e. The van der Waals surface area contributed by atoms with Crippen molar-refractivity contribution in [1.29, 1.82) is 0 Å². The molecule has 1 aromatic rings. The lowest BCUT2D eigenvalue weighted by atomic mass is 10.1. The first kappa shape index (κ1) is 16.3. The van der Waals surface area contributed by atoms with Gasteiger partial charge >= 0.3 is 6.03 Å². The number of carbonyl (C=O) groups is 2. The van der Waals surface area contributed by atoms with Crippen molar-refractivity contribution in [2.24, 2.45) is 5.92 Å². The van der Waals surface area contributed by atoms with Gasteiger partial charge in [0.2, 0.25) is 0 Å². The molecule has 0 aliphatic carbocycles. The van der Waals surface area contributed by atoms with Crippen LogP contribution in [0.2, 0.25) is 0 Å². The summed E-state index contributed by atoms with van der Waals surface area (Å²) in [7, 11) is 0. The lowest BCUT2D eigenvalue weighted by Crippen LogP contribution is -2.34. The summed E-state index contributed by atoms with van der Waals surface area (Å²) in [5, 5.41) is 5.51. The third kappa shape index (κ3) is 4.23. The summed E-state index contributed by atoms with van der Waals surface area (Å²) >= 11 is 0. The van der Waals surface area contributed by atoms with Gasteiger partial charge in [0.1, 0.15) is 0 Å². The Morgan fingerprint density at radius 2 is 1.95 bits per heavy atom. The second-order valence-electron chi connectivity index (χ2n) is 6.14. The Kier molecular flexibility index (Phi) is 5.41. The molecule has 5 nitrogen and oxygen atoms in total. The van der Waals surface area contributed by atoms with E-state index in [1.165, 1.54) is 0 Å². The van der Waals surface area contributed by atoms with Gasteiger partial charge in [-0.1, -0.05) is 13.3 Å². The van der Waals surface area contributed by atoms with Crippen molar-refractivity contribution in [2.45, 2.75) is 39.7 Å². The van der Waals surface area contributed by atoms with E-state index in [0.29, 0.717) is 17.2 Å². The van der Waals surface area contributed by atoms with Crippen molar-refractivity contribution in [3.63, 3.8) is 0 Å². The summed E-state index contributed by atoms with van der Waals surface area (Å²) in [5.41, 5.74) is 1.36. The van der Waals surface area contributed by atoms with Gasteiger partial charge < -0.3 is 15.5 Å². The zero-order valence-corrected chi connectivity index (χ0v) is 13.6. The van der Waals surface area contributed by atoms with E-state index in [9.17, 15) is 9.59 Å². The van der Waals surface area contributed by atoms with Crippen molar-refractivity contribution in [3.8, 4) is 0 Å². The lowest BCUT2D eigenvalue weighted by molar-refractivity contribution is 0.0787. The van der Waals surface area contributed by atoms with Crippen molar-refractivity contribution < 1.29 is 9.59 Å². The van der Waals surface area contributed by atoms with Crippen molar-refractivity contribution in [3.05, 3.63) is 29.8 Å². The molecule has 3 amide bonds. The highest BCUT2D eigenvalue weighted by Crippen LogP contribution is 2.21. The minimum Gasteiger partial charge on any atom is -0.338 e. The Morgan fingerprint density at radius 1 is 1.27 bits per heavy atom. The van der Waals surface area contributed by atoms with Crippen molar-refractivity contribution in [2.75, 3.05) is 18.4 Å². The van der Waals surface area contributed by atoms with Crippen molar-refractivity contribution in [1.82, 2.24) is 10.2 Å². The van der Waals surface area contributed by atoms with E-state index in [1.807, 2.05) is 18.7 Å². The van der Waals surface area contributed by atoms with Crippen LogP contribution in [-0.4, -0.2) is 36.0 Å². The highest BCUT2D eigenvalue weighted by atomic mass is 16.2. The summed E-state index contributed by atoms with van der Waals surface area (Å²) in [6, 6.07) is 6.92. The molecule has 1 fully saturated rings. The topological polar surface area (TPSA) is 61.4 Å². The van der Waals surface area contributed by atoms with Gasteiger partial charge in [0, 0.05) is 30.4 Å². The van der Waals surface area contributed by atoms with E-state index in [-0.39, 0.29) is 18.0 Å². The summed E-state index contributed by atoms with van der Waals surface area (Å²) < 4.78 is 0. The van der Waals surface area contributed by atoms with Crippen LogP contribution in [-0.2, 0) is 0 Å². The zero-order chi connectivity index (χ0) is 16.1. The number of rotatable bonds is 4. The summed E-state index contributed by atoms with van der Waals surface area (Å²) in [6.07, 6.45) is 2.22. The van der Waals surface area contributed by atoms with Gasteiger partial charge in [0.15, 0.2) is 0 Å². The fourth-order valence-electron chi connectivity index (χ4n) is 2.66. The smallest absolute Gasteiger partial charge is 0.319 e. The lowest BCUT2D eigenvalue weighted by Gasteiger charge is -2.16. The predicted molar refractivity (Wildman–Crippen MR) is 88.0 cm³/mol. The number of carbonyl (C=O) groups excluding carboxylic acids is 2. The first-order valence-electron chi connectivity index (χ1n) is 7.96. The first-order valence-corrected chi connectivity index (χ1v) is 7.96. The molecule has 1 aromatic carbocycles. The van der Waals surface area contributed by atoms with Gasteiger partial charge in [-0.25, -0.2) is 4.79 Å². The number of anilines is 1. The Morgan fingerprint density at radius 3 is 2.50 bits per heavy atom. The molecule has 1 heterocycles. The normalized spacial score (nSPS) is 17.6. The number of amides is 3. The van der Waals surface area contributed by atoms with Gasteiger partial charge in [-0.05, 0) is 50.5 Å². The van der Waals surface area contributed by atoms with E-state index in [4.69, 9.17) is 0 Å². The molecule has 1 aliphatic rings. The number of hydrogen-bond donors (Lipinski definition) is 2. The summed E-state index contributed by atoms with van der Waals surface area (Å²) in [4.78, 5) is 26.0. The molecular formula is C17H25N3O2. The van der Waals surface area contributed by atoms with Crippen LogP contribution in [0.5, 0.6) is 0 Å². The van der Waals surface area contributed by atoms with Crippen molar-refractivity contribution >= 4 is 17.6 Å². The van der Waals surface area contributed by atoms with Crippen LogP contribution in [0, 0.1) is 5.92 Å². The van der Waals surface area contributed by atoms with Gasteiger partial charge in [-0.2, -0.15) is 0 Å². The number of likely N-dealkylation sites (tertiary alicyclic amines) is 1. The standard InChI is InChI=1S/C17H25N3O2/c1-4-13-9-10-20(11-13)16(21)14-5-7-15(8-6-14)19-17(22)18-12(2)3/h5-8,12-13H,4,9-11H2,1-3H3,(H2,18,19,22)/t13-/m1/s1. The molecule has 2 rings (SSSR count). The van der Waals surface area contributed by atoms with Crippen LogP contribution in [0.15, 0.2) is 24.3 Å². The minimum absolute atomic E-state index is 0.0779. The van der Waals surface area contributed by atoms with E-state index < -0.39 is 0 Å². The monoisotopic (exact) mass is 303 g/mol. The predicted octanol–water partition coefficient (Wildman–Crippen LogP) is 3.09. The Balaban J connectivity index is 1.94. The molecule has 2 N–H and O–H groups in total. The molecule has 0 aromatic heterocycles. The second-order valence-corrected chi connectivity index (χ2v) is 6.14. The van der Waals surface area contributed by atoms with Crippen LogP contribution >= 0.6 is 0 Å². The largest absolute Gasteiger partial charge is 0.338 e. The highest BCUT2D eigenvalue weighted by Gasteiger charge is 2.25. The van der Waals surface area contributed by atoms with E-state index >= 15 is 0 Å². The average molecular weight is 303 g/mol. The van der Waals surface area contributed by atoms with Crippen LogP contribution in [0.4, 0.5) is 10.5 Å². The molecule has 1 atom stereocenters. The molecule has 5 heteroatoms. The van der Waals surface area contributed by atoms with Gasteiger partial charge in [-0.15, -0.1) is 0 Å². The molecule has 1 aliphatic heterocycles. The van der Waals surface area contributed by atoms with E-state index in [2.05, 4.69) is 17.6 Å². The molecule has 120 valence electrons. The molecule has 0 saturated carbocycles. The molecule has 0 spiro atoms.